The van der Waals surface area contributed by atoms with Crippen molar-refractivity contribution >= 4 is 24.0 Å². The van der Waals surface area contributed by atoms with Crippen molar-refractivity contribution in [2.45, 2.75) is 32.3 Å². The van der Waals surface area contributed by atoms with Gasteiger partial charge in [-0.2, -0.15) is 0 Å². The molecule has 2 aromatic heterocycles. The van der Waals surface area contributed by atoms with Crippen molar-refractivity contribution in [1.82, 2.24) is 9.97 Å². The summed E-state index contributed by atoms with van der Waals surface area (Å²) in [6, 6.07) is 5.60. The minimum atomic E-state index is -0.955. The number of aromatic nitrogens is 2. The molecule has 0 aliphatic rings. The van der Waals surface area contributed by atoms with Gasteiger partial charge >= 0.3 is 0 Å². The summed E-state index contributed by atoms with van der Waals surface area (Å²) in [5, 5.41) is 10.6. The van der Waals surface area contributed by atoms with Crippen LogP contribution in [0.1, 0.15) is 37.1 Å². The van der Waals surface area contributed by atoms with E-state index in [0.29, 0.717) is 10.7 Å². The predicted octanol–water partition coefficient (Wildman–Crippen LogP) is 4.03. The molecule has 2 aromatic rings. The van der Waals surface area contributed by atoms with Crippen LogP contribution in [0.15, 0.2) is 47.9 Å². The van der Waals surface area contributed by atoms with Gasteiger partial charge < -0.3 is 5.11 Å². The predicted molar refractivity (Wildman–Crippen MR) is 94.6 cm³/mol. The average Bonchev–Trinajstić information content (AvgIpc) is 2.51. The molecule has 1 N–H and O–H groups in total. The number of halogens is 1. The monoisotopic (exact) mass is 329 g/mol. The lowest BCUT2D eigenvalue weighted by atomic mass is 10.0. The number of hydrogen-bond donors (Lipinski definition) is 1. The maximum Gasteiger partial charge on any atom is 0.101 e. The van der Waals surface area contributed by atoms with Crippen molar-refractivity contribution in [2.75, 3.05) is 0 Å². The standard InChI is InChI=1S/C18H20ClN3O/c1-18(2,23)17-8-7-14(11-22-17)16(20-3)6-4-5-13-9-15(19)12-21-10-13/h6-12,23H,3-5H2,1-2H3/b16-6-. The minimum absolute atomic E-state index is 0.620. The molecule has 120 valence electrons. The third-order valence-electron chi connectivity index (χ3n) is 3.39. The van der Waals surface area contributed by atoms with E-state index in [1.165, 1.54) is 0 Å². The van der Waals surface area contributed by atoms with Crippen molar-refractivity contribution in [3.63, 3.8) is 0 Å². The Labute approximate surface area is 141 Å². The van der Waals surface area contributed by atoms with E-state index >= 15 is 0 Å². The van der Waals surface area contributed by atoms with Gasteiger partial charge in [-0.1, -0.05) is 17.7 Å². The summed E-state index contributed by atoms with van der Waals surface area (Å²) in [5.74, 6) is 0. The van der Waals surface area contributed by atoms with Crippen LogP contribution in [-0.4, -0.2) is 21.8 Å². The highest BCUT2D eigenvalue weighted by molar-refractivity contribution is 6.30. The number of hydrogen-bond acceptors (Lipinski definition) is 4. The summed E-state index contributed by atoms with van der Waals surface area (Å²) in [4.78, 5) is 12.4. The third-order valence-corrected chi connectivity index (χ3v) is 3.60. The van der Waals surface area contributed by atoms with Crippen molar-refractivity contribution in [2.24, 2.45) is 4.99 Å². The van der Waals surface area contributed by atoms with E-state index < -0.39 is 5.60 Å². The zero-order valence-electron chi connectivity index (χ0n) is 13.3. The van der Waals surface area contributed by atoms with Gasteiger partial charge in [-0.05, 0) is 57.2 Å². The second-order valence-corrected chi connectivity index (χ2v) is 6.23. The van der Waals surface area contributed by atoms with Gasteiger partial charge in [-0.25, -0.2) is 0 Å². The number of aliphatic imine (C=N–C) groups is 1. The molecule has 0 bridgehead atoms. The van der Waals surface area contributed by atoms with E-state index in [1.807, 2.05) is 18.2 Å². The van der Waals surface area contributed by atoms with Crippen LogP contribution in [0.5, 0.6) is 0 Å². The van der Waals surface area contributed by atoms with E-state index in [-0.39, 0.29) is 0 Å². The van der Waals surface area contributed by atoms with Crippen LogP contribution in [-0.2, 0) is 12.0 Å². The molecule has 0 spiro atoms. The zero-order chi connectivity index (χ0) is 16.9. The molecule has 2 heterocycles. The summed E-state index contributed by atoms with van der Waals surface area (Å²) in [6.45, 7) is 7.03. The largest absolute Gasteiger partial charge is 0.384 e. The maximum atomic E-state index is 9.94. The molecule has 5 heteroatoms. The molecule has 0 fully saturated rings. The molecule has 0 atom stereocenters. The van der Waals surface area contributed by atoms with Gasteiger partial charge in [0.05, 0.1) is 16.4 Å². The fourth-order valence-electron chi connectivity index (χ4n) is 2.15. The summed E-state index contributed by atoms with van der Waals surface area (Å²) in [7, 11) is 0. The van der Waals surface area contributed by atoms with E-state index in [9.17, 15) is 5.11 Å². The number of aliphatic hydroxyl groups is 1. The number of pyridine rings is 2. The lowest BCUT2D eigenvalue weighted by molar-refractivity contribution is 0.0738. The highest BCUT2D eigenvalue weighted by Crippen LogP contribution is 2.21. The molecule has 0 unspecified atom stereocenters. The highest BCUT2D eigenvalue weighted by Gasteiger charge is 2.17. The summed E-state index contributed by atoms with van der Waals surface area (Å²) in [6.07, 6.45) is 8.75. The second kappa shape index (κ2) is 7.49. The normalized spacial score (nSPS) is 12.3. The minimum Gasteiger partial charge on any atom is -0.384 e. The summed E-state index contributed by atoms with van der Waals surface area (Å²) < 4.78 is 0. The fourth-order valence-corrected chi connectivity index (χ4v) is 2.35. The maximum absolute atomic E-state index is 9.94. The van der Waals surface area contributed by atoms with Crippen LogP contribution < -0.4 is 0 Å². The molecule has 0 aliphatic carbocycles. The van der Waals surface area contributed by atoms with Gasteiger partial charge in [0.15, 0.2) is 0 Å². The van der Waals surface area contributed by atoms with E-state index in [1.54, 1.807) is 38.5 Å². The molecule has 0 amide bonds. The van der Waals surface area contributed by atoms with Gasteiger partial charge in [-0.15, -0.1) is 0 Å². The Balaban J connectivity index is 2.08. The van der Waals surface area contributed by atoms with Gasteiger partial charge in [0, 0.05) is 24.2 Å². The van der Waals surface area contributed by atoms with E-state index in [2.05, 4.69) is 21.7 Å². The first kappa shape index (κ1) is 17.3. The molecule has 0 aliphatic heterocycles. The SMILES string of the molecule is C=N/C(=C\CCc1cncc(Cl)c1)c1ccc(C(C)(C)O)nc1. The summed E-state index contributed by atoms with van der Waals surface area (Å²) >= 11 is 5.93. The van der Waals surface area contributed by atoms with Crippen molar-refractivity contribution in [1.29, 1.82) is 0 Å². The smallest absolute Gasteiger partial charge is 0.101 e. The van der Waals surface area contributed by atoms with E-state index in [4.69, 9.17) is 11.6 Å². The number of rotatable bonds is 6. The second-order valence-electron chi connectivity index (χ2n) is 5.79. The Morgan fingerprint density at radius 3 is 2.70 bits per heavy atom. The first-order chi connectivity index (χ1) is 10.9. The van der Waals surface area contributed by atoms with Crippen LogP contribution in [0.2, 0.25) is 5.02 Å². The van der Waals surface area contributed by atoms with Crippen LogP contribution in [0.3, 0.4) is 0 Å². The van der Waals surface area contributed by atoms with Crippen molar-refractivity contribution < 1.29 is 5.11 Å². The molecule has 0 saturated heterocycles. The molecule has 4 nitrogen and oxygen atoms in total. The Morgan fingerprint density at radius 1 is 1.35 bits per heavy atom. The fraction of sp³-hybridized carbons (Fsp3) is 0.278. The molecule has 2 rings (SSSR count). The summed E-state index contributed by atoms with van der Waals surface area (Å²) in [5.41, 5.74) is 2.39. The first-order valence-corrected chi connectivity index (χ1v) is 7.73. The molecule has 0 saturated carbocycles. The third kappa shape index (κ3) is 4.98. The molecular weight excluding hydrogens is 310 g/mol. The van der Waals surface area contributed by atoms with Crippen molar-refractivity contribution in [3.8, 4) is 0 Å². The van der Waals surface area contributed by atoms with Crippen LogP contribution >= 0.6 is 11.6 Å². The molecular formula is C18H20ClN3O. The topological polar surface area (TPSA) is 58.4 Å². The van der Waals surface area contributed by atoms with Crippen molar-refractivity contribution in [3.05, 3.63) is 64.7 Å². The first-order valence-electron chi connectivity index (χ1n) is 7.36. The quantitative estimate of drug-likeness (QED) is 0.814. The molecule has 0 aromatic carbocycles. The number of aryl methyl sites for hydroxylation is 1. The highest BCUT2D eigenvalue weighted by atomic mass is 35.5. The van der Waals surface area contributed by atoms with Gasteiger partial charge in [0.25, 0.3) is 0 Å². The number of allylic oxidation sites excluding steroid dienone is 1. The Bertz CT molecular complexity index is 703. The van der Waals surface area contributed by atoms with Crippen LogP contribution in [0, 0.1) is 0 Å². The van der Waals surface area contributed by atoms with Gasteiger partial charge in [0.1, 0.15) is 5.60 Å². The lowest BCUT2D eigenvalue weighted by Gasteiger charge is -2.16. The lowest BCUT2D eigenvalue weighted by Crippen LogP contribution is -2.17. The van der Waals surface area contributed by atoms with Crippen LogP contribution in [0.4, 0.5) is 0 Å². The number of nitrogens with zero attached hydrogens (tertiary/aromatic N) is 3. The Hall–Kier alpha value is -2.04. The average molecular weight is 330 g/mol. The van der Waals surface area contributed by atoms with E-state index in [0.717, 1.165) is 29.7 Å². The zero-order valence-corrected chi connectivity index (χ0v) is 14.1. The molecule has 23 heavy (non-hydrogen) atoms. The van der Waals surface area contributed by atoms with Gasteiger partial charge in [-0.3, -0.25) is 15.0 Å². The van der Waals surface area contributed by atoms with Crippen LogP contribution in [0.25, 0.3) is 5.70 Å². The Morgan fingerprint density at radius 2 is 2.13 bits per heavy atom. The molecule has 0 radical (unpaired) electrons. The Kier molecular flexibility index (Phi) is 5.64. The van der Waals surface area contributed by atoms with Gasteiger partial charge in [0.2, 0.25) is 0 Å².